The lowest BCUT2D eigenvalue weighted by molar-refractivity contribution is 0.00673. The minimum absolute atomic E-state index is 0.125. The van der Waals surface area contributed by atoms with Crippen molar-refractivity contribution in [1.29, 1.82) is 0 Å². The average Bonchev–Trinajstić information content (AvgIpc) is 3.38. The topological polar surface area (TPSA) is 80.5 Å². The molecule has 1 fully saturated rings. The number of rotatable bonds is 6. The van der Waals surface area contributed by atoms with E-state index < -0.39 is 0 Å². The fraction of sp³-hybridized carbons (Fsp3) is 0.476. The Morgan fingerprint density at radius 3 is 2.83 bits per heavy atom. The summed E-state index contributed by atoms with van der Waals surface area (Å²) in [6, 6.07) is 6.05. The second-order valence-corrected chi connectivity index (χ2v) is 8.60. The molecule has 1 aliphatic heterocycles. The summed E-state index contributed by atoms with van der Waals surface area (Å²) < 4.78 is 10.9. The second kappa shape index (κ2) is 8.61. The van der Waals surface area contributed by atoms with E-state index in [0.29, 0.717) is 34.8 Å². The smallest absolute Gasteiger partial charge is 0.259 e. The van der Waals surface area contributed by atoms with E-state index in [1.54, 1.807) is 11.3 Å². The van der Waals surface area contributed by atoms with Crippen molar-refractivity contribution in [1.82, 2.24) is 20.4 Å². The largest absolute Gasteiger partial charge is 0.379 e. The summed E-state index contributed by atoms with van der Waals surface area (Å²) in [7, 11) is 0. The van der Waals surface area contributed by atoms with E-state index in [0.717, 1.165) is 36.9 Å². The van der Waals surface area contributed by atoms with Gasteiger partial charge in [-0.2, -0.15) is 0 Å². The molecule has 3 aromatic rings. The molecule has 0 aromatic carbocycles. The van der Waals surface area contributed by atoms with Crippen molar-refractivity contribution in [2.24, 2.45) is 5.92 Å². The highest BCUT2D eigenvalue weighted by atomic mass is 32.1. The normalized spacial score (nSPS) is 16.4. The van der Waals surface area contributed by atoms with Gasteiger partial charge in [-0.1, -0.05) is 25.1 Å². The van der Waals surface area contributed by atoms with Crippen molar-refractivity contribution in [3.63, 3.8) is 0 Å². The number of nitrogens with one attached hydrogen (secondary N) is 1. The van der Waals surface area contributed by atoms with Crippen LogP contribution in [0.5, 0.6) is 0 Å². The van der Waals surface area contributed by atoms with Gasteiger partial charge in [-0.15, -0.1) is 11.3 Å². The lowest BCUT2D eigenvalue weighted by Gasteiger charge is -2.36. The van der Waals surface area contributed by atoms with E-state index in [9.17, 15) is 4.79 Å². The maximum atomic E-state index is 13.2. The molecule has 1 N–H and O–H groups in total. The number of carbonyl (C=O) groups is 1. The number of fused-ring (bicyclic) bond motifs is 1. The Balaban J connectivity index is 1.59. The third-order valence-electron chi connectivity index (χ3n) is 5.39. The van der Waals surface area contributed by atoms with Crippen LogP contribution in [0.2, 0.25) is 0 Å². The van der Waals surface area contributed by atoms with E-state index in [-0.39, 0.29) is 11.9 Å². The standard InChI is InChI=1S/C21H26N4O3S/c1-13(2)17(25-6-8-27-9-7-25)12-22-20(26)15-11-16(18-5-4-10-29-18)23-21-19(15)14(3)24-28-21/h4-5,10-11,13,17H,6-9,12H2,1-3H3,(H,22,26)/t17-/m0/s1. The van der Waals surface area contributed by atoms with E-state index >= 15 is 0 Å². The minimum Gasteiger partial charge on any atom is -0.379 e. The molecule has 0 aliphatic carbocycles. The summed E-state index contributed by atoms with van der Waals surface area (Å²) in [5, 5.41) is 9.83. The zero-order valence-corrected chi connectivity index (χ0v) is 17.8. The predicted octanol–water partition coefficient (Wildman–Crippen LogP) is 3.35. The zero-order chi connectivity index (χ0) is 20.4. The number of thiophene rings is 1. The molecular formula is C21H26N4O3S. The Bertz CT molecular complexity index is 977. The molecule has 1 aliphatic rings. The van der Waals surface area contributed by atoms with Gasteiger partial charge in [0.15, 0.2) is 0 Å². The van der Waals surface area contributed by atoms with Gasteiger partial charge in [0.1, 0.15) is 0 Å². The first-order valence-corrected chi connectivity index (χ1v) is 10.8. The Morgan fingerprint density at radius 2 is 2.14 bits per heavy atom. The molecule has 0 bridgehead atoms. The van der Waals surface area contributed by atoms with Crippen molar-refractivity contribution in [3.8, 4) is 10.6 Å². The maximum absolute atomic E-state index is 13.2. The summed E-state index contributed by atoms with van der Waals surface area (Å²) in [4.78, 5) is 21.1. The van der Waals surface area contributed by atoms with Crippen LogP contribution < -0.4 is 5.32 Å². The van der Waals surface area contributed by atoms with Gasteiger partial charge in [-0.25, -0.2) is 4.98 Å². The molecule has 1 amide bonds. The number of morpholine rings is 1. The third kappa shape index (κ3) is 4.19. The first-order chi connectivity index (χ1) is 14.0. The zero-order valence-electron chi connectivity index (χ0n) is 17.0. The summed E-state index contributed by atoms with van der Waals surface area (Å²) in [5.74, 6) is 0.297. The predicted molar refractivity (Wildman–Crippen MR) is 113 cm³/mol. The monoisotopic (exact) mass is 414 g/mol. The van der Waals surface area contributed by atoms with Crippen LogP contribution in [-0.2, 0) is 4.74 Å². The number of hydrogen-bond donors (Lipinski definition) is 1. The van der Waals surface area contributed by atoms with Crippen LogP contribution in [0.4, 0.5) is 0 Å². The third-order valence-corrected chi connectivity index (χ3v) is 6.28. The highest BCUT2D eigenvalue weighted by Crippen LogP contribution is 2.29. The van der Waals surface area contributed by atoms with Gasteiger partial charge in [0, 0.05) is 25.7 Å². The molecule has 7 nitrogen and oxygen atoms in total. The van der Waals surface area contributed by atoms with Gasteiger partial charge < -0.3 is 14.6 Å². The lowest BCUT2D eigenvalue weighted by Crippen LogP contribution is -2.51. The summed E-state index contributed by atoms with van der Waals surface area (Å²) in [6.45, 7) is 10.1. The van der Waals surface area contributed by atoms with Gasteiger partial charge in [0.05, 0.1) is 40.4 Å². The molecule has 0 saturated carbocycles. The molecule has 29 heavy (non-hydrogen) atoms. The number of aryl methyl sites for hydroxylation is 1. The number of ether oxygens (including phenoxy) is 1. The van der Waals surface area contributed by atoms with Crippen LogP contribution in [0.25, 0.3) is 21.7 Å². The summed E-state index contributed by atoms with van der Waals surface area (Å²) in [5.41, 5.74) is 2.35. The van der Waals surface area contributed by atoms with Crippen molar-refractivity contribution >= 4 is 28.3 Å². The van der Waals surface area contributed by atoms with Crippen molar-refractivity contribution in [2.45, 2.75) is 26.8 Å². The van der Waals surface area contributed by atoms with Crippen LogP contribution in [0.3, 0.4) is 0 Å². The van der Waals surface area contributed by atoms with Crippen LogP contribution >= 0.6 is 11.3 Å². The van der Waals surface area contributed by atoms with Gasteiger partial charge in [-0.3, -0.25) is 9.69 Å². The molecule has 1 atom stereocenters. The molecule has 4 heterocycles. The molecule has 0 unspecified atom stereocenters. The molecule has 3 aromatic heterocycles. The Kier molecular flexibility index (Phi) is 5.94. The fourth-order valence-electron chi connectivity index (χ4n) is 3.81. The maximum Gasteiger partial charge on any atom is 0.259 e. The number of pyridine rings is 1. The van der Waals surface area contributed by atoms with Gasteiger partial charge in [-0.05, 0) is 30.4 Å². The lowest BCUT2D eigenvalue weighted by atomic mass is 10.0. The molecule has 0 radical (unpaired) electrons. The first-order valence-electron chi connectivity index (χ1n) is 9.95. The average molecular weight is 415 g/mol. The summed E-state index contributed by atoms with van der Waals surface area (Å²) in [6.07, 6.45) is 0. The molecule has 1 saturated heterocycles. The Labute approximate surface area is 174 Å². The number of nitrogens with zero attached hydrogens (tertiary/aromatic N) is 3. The minimum atomic E-state index is -0.125. The molecular weight excluding hydrogens is 388 g/mol. The van der Waals surface area contributed by atoms with Crippen LogP contribution in [0, 0.1) is 12.8 Å². The highest BCUT2D eigenvalue weighted by molar-refractivity contribution is 7.13. The van der Waals surface area contributed by atoms with Gasteiger partial charge >= 0.3 is 0 Å². The van der Waals surface area contributed by atoms with E-state index in [1.165, 1.54) is 0 Å². The summed E-state index contributed by atoms with van der Waals surface area (Å²) >= 11 is 1.58. The second-order valence-electron chi connectivity index (χ2n) is 7.65. The van der Waals surface area contributed by atoms with Crippen molar-refractivity contribution < 1.29 is 14.1 Å². The quantitative estimate of drug-likeness (QED) is 0.666. The van der Waals surface area contributed by atoms with Crippen LogP contribution in [0.1, 0.15) is 29.9 Å². The highest BCUT2D eigenvalue weighted by Gasteiger charge is 2.25. The SMILES string of the molecule is Cc1noc2nc(-c3cccs3)cc(C(=O)NC[C@@H](C(C)C)N3CCOCC3)c12. The molecule has 8 heteroatoms. The Morgan fingerprint density at radius 1 is 1.34 bits per heavy atom. The number of carbonyl (C=O) groups excluding carboxylic acids is 1. The van der Waals surface area contributed by atoms with E-state index in [4.69, 9.17) is 9.26 Å². The van der Waals surface area contributed by atoms with Gasteiger partial charge in [0.25, 0.3) is 11.6 Å². The number of aromatic nitrogens is 2. The van der Waals surface area contributed by atoms with Crippen molar-refractivity contribution in [3.05, 3.63) is 34.8 Å². The van der Waals surface area contributed by atoms with E-state index in [1.807, 2.05) is 30.5 Å². The first kappa shape index (κ1) is 20.0. The molecule has 4 rings (SSSR count). The van der Waals surface area contributed by atoms with Crippen molar-refractivity contribution in [2.75, 3.05) is 32.8 Å². The number of hydrogen-bond acceptors (Lipinski definition) is 7. The van der Waals surface area contributed by atoms with E-state index in [2.05, 4.69) is 34.2 Å². The molecule has 154 valence electrons. The number of amides is 1. The molecule has 0 spiro atoms. The van der Waals surface area contributed by atoms with Gasteiger partial charge in [0.2, 0.25) is 0 Å². The fourth-order valence-corrected chi connectivity index (χ4v) is 4.50. The van der Waals surface area contributed by atoms with Crippen LogP contribution in [0.15, 0.2) is 28.1 Å². The van der Waals surface area contributed by atoms with Crippen LogP contribution in [-0.4, -0.2) is 59.8 Å². The Hall–Kier alpha value is -2.29.